The lowest BCUT2D eigenvalue weighted by atomic mass is 10.0. The number of aromatic nitrogens is 2. The first-order valence-electron chi connectivity index (χ1n) is 10.8. The van der Waals surface area contributed by atoms with Gasteiger partial charge in [0.1, 0.15) is 5.82 Å². The Kier molecular flexibility index (Phi) is 6.91. The molecule has 3 rings (SSSR count). The SMILES string of the molecule is Cc1ccc(C)c(-c2nc(C)c(COC(C)C)c(N3CCN[C@@H](C(C)C)C3)n2)c1. The standard InChI is InChI=1S/C24H36N4O/c1-15(2)22-13-28(11-10-25-22)24-21(14-29-16(3)4)19(7)26-23(27-24)20-12-17(5)8-9-18(20)6/h8-9,12,15-16,22,25H,10-11,13-14H2,1-7H3/t22-/m1/s1. The first-order valence-corrected chi connectivity index (χ1v) is 10.8. The zero-order valence-electron chi connectivity index (χ0n) is 19.0. The summed E-state index contributed by atoms with van der Waals surface area (Å²) < 4.78 is 5.98. The number of benzene rings is 1. The molecule has 0 radical (unpaired) electrons. The maximum atomic E-state index is 5.98. The fraction of sp³-hybridized carbons (Fsp3) is 0.583. The molecule has 1 N–H and O–H groups in total. The van der Waals surface area contributed by atoms with Crippen molar-refractivity contribution in [2.24, 2.45) is 5.92 Å². The number of piperazine rings is 1. The van der Waals surface area contributed by atoms with Gasteiger partial charge in [0, 0.05) is 42.5 Å². The third-order valence-corrected chi connectivity index (χ3v) is 5.70. The van der Waals surface area contributed by atoms with E-state index in [-0.39, 0.29) is 6.10 Å². The molecule has 0 amide bonds. The van der Waals surface area contributed by atoms with Crippen LogP contribution < -0.4 is 10.2 Å². The van der Waals surface area contributed by atoms with Crippen LogP contribution >= 0.6 is 0 Å². The van der Waals surface area contributed by atoms with Crippen LogP contribution in [0, 0.1) is 26.7 Å². The van der Waals surface area contributed by atoms with Gasteiger partial charge in [-0.15, -0.1) is 0 Å². The molecule has 0 spiro atoms. The Bertz CT molecular complexity index is 847. The lowest BCUT2D eigenvalue weighted by Gasteiger charge is -2.37. The van der Waals surface area contributed by atoms with E-state index in [2.05, 4.69) is 76.9 Å². The number of nitrogens with one attached hydrogen (secondary N) is 1. The van der Waals surface area contributed by atoms with Gasteiger partial charge in [-0.1, -0.05) is 31.5 Å². The van der Waals surface area contributed by atoms with Gasteiger partial charge in [0.2, 0.25) is 0 Å². The second-order valence-electron chi connectivity index (χ2n) is 8.86. The fourth-order valence-corrected chi connectivity index (χ4v) is 3.78. The highest BCUT2D eigenvalue weighted by Crippen LogP contribution is 2.29. The molecule has 5 heteroatoms. The Labute approximate surface area is 175 Å². The third-order valence-electron chi connectivity index (χ3n) is 5.70. The van der Waals surface area contributed by atoms with Crippen molar-refractivity contribution in [3.05, 3.63) is 40.6 Å². The molecular formula is C24H36N4O. The summed E-state index contributed by atoms with van der Waals surface area (Å²) in [6.07, 6.45) is 0.173. The molecule has 0 bridgehead atoms. The van der Waals surface area contributed by atoms with Gasteiger partial charge in [0.25, 0.3) is 0 Å². The van der Waals surface area contributed by atoms with Crippen molar-refractivity contribution >= 4 is 5.82 Å². The van der Waals surface area contributed by atoms with Crippen LogP contribution in [0.15, 0.2) is 18.2 Å². The molecule has 1 aromatic heterocycles. The van der Waals surface area contributed by atoms with Crippen molar-refractivity contribution in [3.8, 4) is 11.4 Å². The molecule has 1 atom stereocenters. The molecule has 5 nitrogen and oxygen atoms in total. The Hall–Kier alpha value is -1.98. The van der Waals surface area contributed by atoms with Crippen LogP contribution in [0.25, 0.3) is 11.4 Å². The van der Waals surface area contributed by atoms with Crippen molar-refractivity contribution in [3.63, 3.8) is 0 Å². The van der Waals surface area contributed by atoms with Gasteiger partial charge in [-0.2, -0.15) is 0 Å². The van der Waals surface area contributed by atoms with Crippen molar-refractivity contribution in [1.29, 1.82) is 0 Å². The summed E-state index contributed by atoms with van der Waals surface area (Å²) in [5.41, 5.74) is 5.65. The first-order chi connectivity index (χ1) is 13.8. The van der Waals surface area contributed by atoms with E-state index < -0.39 is 0 Å². The second-order valence-corrected chi connectivity index (χ2v) is 8.86. The molecular weight excluding hydrogens is 360 g/mol. The quantitative estimate of drug-likeness (QED) is 0.783. The molecule has 2 aromatic rings. The van der Waals surface area contributed by atoms with E-state index >= 15 is 0 Å². The summed E-state index contributed by atoms with van der Waals surface area (Å²) in [6, 6.07) is 6.94. The molecule has 1 aromatic carbocycles. The summed E-state index contributed by atoms with van der Waals surface area (Å²) in [6.45, 7) is 18.4. The predicted octanol–water partition coefficient (Wildman–Crippen LogP) is 4.43. The molecule has 0 unspecified atom stereocenters. The Balaban J connectivity index is 2.06. The van der Waals surface area contributed by atoms with E-state index in [1.54, 1.807) is 0 Å². The zero-order valence-corrected chi connectivity index (χ0v) is 19.0. The number of ether oxygens (including phenoxy) is 1. The minimum absolute atomic E-state index is 0.173. The van der Waals surface area contributed by atoms with E-state index in [0.717, 1.165) is 48.1 Å². The Morgan fingerprint density at radius 2 is 1.90 bits per heavy atom. The number of hydrogen-bond donors (Lipinski definition) is 1. The molecule has 1 fully saturated rings. The summed E-state index contributed by atoms with van der Waals surface area (Å²) >= 11 is 0. The van der Waals surface area contributed by atoms with Gasteiger partial charge in [-0.25, -0.2) is 9.97 Å². The van der Waals surface area contributed by atoms with Crippen LogP contribution in [0.4, 0.5) is 5.82 Å². The largest absolute Gasteiger partial charge is 0.374 e. The van der Waals surface area contributed by atoms with Gasteiger partial charge in [-0.3, -0.25) is 0 Å². The first kappa shape index (κ1) is 21.7. The lowest BCUT2D eigenvalue weighted by molar-refractivity contribution is 0.0652. The van der Waals surface area contributed by atoms with Crippen LogP contribution in [-0.4, -0.2) is 41.7 Å². The number of aryl methyl sites for hydroxylation is 3. The molecule has 1 saturated heterocycles. The monoisotopic (exact) mass is 396 g/mol. The highest BCUT2D eigenvalue weighted by Gasteiger charge is 2.26. The maximum absolute atomic E-state index is 5.98. The zero-order chi connectivity index (χ0) is 21.1. The lowest BCUT2D eigenvalue weighted by Crippen LogP contribution is -2.53. The highest BCUT2D eigenvalue weighted by molar-refractivity contribution is 5.64. The topological polar surface area (TPSA) is 50.3 Å². The fourth-order valence-electron chi connectivity index (χ4n) is 3.78. The van der Waals surface area contributed by atoms with Crippen LogP contribution in [0.5, 0.6) is 0 Å². The normalized spacial score (nSPS) is 17.4. The van der Waals surface area contributed by atoms with Gasteiger partial charge in [-0.05, 0) is 52.2 Å². The van der Waals surface area contributed by atoms with E-state index in [1.807, 2.05) is 0 Å². The van der Waals surface area contributed by atoms with E-state index in [9.17, 15) is 0 Å². The molecule has 0 aliphatic carbocycles. The summed E-state index contributed by atoms with van der Waals surface area (Å²) in [7, 11) is 0. The predicted molar refractivity (Wildman–Crippen MR) is 120 cm³/mol. The average Bonchev–Trinajstić information content (AvgIpc) is 2.68. The number of hydrogen-bond acceptors (Lipinski definition) is 5. The van der Waals surface area contributed by atoms with Gasteiger partial charge in [0.05, 0.1) is 12.7 Å². The summed E-state index contributed by atoms with van der Waals surface area (Å²) in [5, 5.41) is 3.65. The van der Waals surface area contributed by atoms with Gasteiger partial charge in [0.15, 0.2) is 5.82 Å². The number of anilines is 1. The van der Waals surface area contributed by atoms with Crippen molar-refractivity contribution in [2.45, 2.75) is 67.2 Å². The van der Waals surface area contributed by atoms with Crippen LogP contribution in [-0.2, 0) is 11.3 Å². The molecule has 0 saturated carbocycles. The van der Waals surface area contributed by atoms with Crippen molar-refractivity contribution in [2.75, 3.05) is 24.5 Å². The van der Waals surface area contributed by atoms with E-state index in [1.165, 1.54) is 11.1 Å². The number of nitrogens with zero attached hydrogens (tertiary/aromatic N) is 3. The minimum atomic E-state index is 0.173. The van der Waals surface area contributed by atoms with Gasteiger partial charge >= 0.3 is 0 Å². The van der Waals surface area contributed by atoms with Crippen LogP contribution in [0.3, 0.4) is 0 Å². The summed E-state index contributed by atoms with van der Waals surface area (Å²) in [4.78, 5) is 12.4. The molecule has 29 heavy (non-hydrogen) atoms. The van der Waals surface area contributed by atoms with Crippen molar-refractivity contribution < 1.29 is 4.74 Å². The average molecular weight is 397 g/mol. The third kappa shape index (κ3) is 5.14. The van der Waals surface area contributed by atoms with Gasteiger partial charge < -0.3 is 15.0 Å². The highest BCUT2D eigenvalue weighted by atomic mass is 16.5. The minimum Gasteiger partial charge on any atom is -0.374 e. The molecule has 1 aliphatic rings. The molecule has 1 aliphatic heterocycles. The molecule has 2 heterocycles. The van der Waals surface area contributed by atoms with Crippen LogP contribution in [0.1, 0.15) is 50.1 Å². The Morgan fingerprint density at radius 3 is 2.59 bits per heavy atom. The van der Waals surface area contributed by atoms with E-state index in [4.69, 9.17) is 14.7 Å². The number of rotatable bonds is 6. The van der Waals surface area contributed by atoms with E-state index in [0.29, 0.717) is 18.6 Å². The summed E-state index contributed by atoms with van der Waals surface area (Å²) in [5.74, 6) is 2.42. The molecule has 158 valence electrons. The van der Waals surface area contributed by atoms with Crippen LogP contribution in [0.2, 0.25) is 0 Å². The smallest absolute Gasteiger partial charge is 0.162 e. The van der Waals surface area contributed by atoms with Crippen molar-refractivity contribution in [1.82, 2.24) is 15.3 Å². The maximum Gasteiger partial charge on any atom is 0.162 e. The second kappa shape index (κ2) is 9.23. The Morgan fingerprint density at radius 1 is 1.14 bits per heavy atom.